The number of aromatic amines is 1. The standard InChI is InChI=1S/C19H28N4/c1-2-4-15(5-3-1)21-16-6-8-17(9-7-16)22-18-10-11-19-14(12-18)13-20-23-19/h10-13,15-17,21-22H,1-9H2,(H,20,23). The van der Waals surface area contributed by atoms with Gasteiger partial charge in [-0.15, -0.1) is 0 Å². The van der Waals surface area contributed by atoms with Crippen LogP contribution in [-0.4, -0.2) is 28.3 Å². The molecule has 0 saturated heterocycles. The lowest BCUT2D eigenvalue weighted by Gasteiger charge is -2.34. The zero-order valence-electron chi connectivity index (χ0n) is 13.9. The lowest BCUT2D eigenvalue weighted by molar-refractivity contribution is 0.283. The van der Waals surface area contributed by atoms with Crippen molar-refractivity contribution in [1.29, 1.82) is 0 Å². The molecule has 4 nitrogen and oxygen atoms in total. The summed E-state index contributed by atoms with van der Waals surface area (Å²) in [6.07, 6.45) is 14.1. The lowest BCUT2D eigenvalue weighted by Crippen LogP contribution is -2.43. The molecule has 0 atom stereocenters. The van der Waals surface area contributed by atoms with E-state index in [2.05, 4.69) is 39.0 Å². The van der Waals surface area contributed by atoms with Crippen LogP contribution in [0.3, 0.4) is 0 Å². The molecule has 0 spiro atoms. The van der Waals surface area contributed by atoms with Crippen molar-refractivity contribution in [2.75, 3.05) is 5.32 Å². The largest absolute Gasteiger partial charge is 0.382 e. The highest BCUT2D eigenvalue weighted by molar-refractivity contribution is 5.81. The molecule has 4 heteroatoms. The first-order valence-electron chi connectivity index (χ1n) is 9.32. The SMILES string of the molecule is c1cc2[nH]ncc2cc1NC1CCC(NC2CCCCC2)CC1. The number of anilines is 1. The summed E-state index contributed by atoms with van der Waals surface area (Å²) in [5.41, 5.74) is 2.33. The number of fused-ring (bicyclic) bond motifs is 1. The zero-order chi connectivity index (χ0) is 15.5. The average Bonchev–Trinajstić information content (AvgIpc) is 3.05. The van der Waals surface area contributed by atoms with E-state index in [4.69, 9.17) is 0 Å². The van der Waals surface area contributed by atoms with Crippen LogP contribution in [0.1, 0.15) is 57.8 Å². The summed E-state index contributed by atoms with van der Waals surface area (Å²) in [4.78, 5) is 0. The minimum Gasteiger partial charge on any atom is -0.382 e. The Labute approximate surface area is 138 Å². The van der Waals surface area contributed by atoms with E-state index in [-0.39, 0.29) is 0 Å². The van der Waals surface area contributed by atoms with Crippen LogP contribution in [0.25, 0.3) is 10.9 Å². The van der Waals surface area contributed by atoms with Crippen molar-refractivity contribution in [3.8, 4) is 0 Å². The van der Waals surface area contributed by atoms with Crippen LogP contribution in [0.5, 0.6) is 0 Å². The van der Waals surface area contributed by atoms with Crippen LogP contribution in [0.2, 0.25) is 0 Å². The minimum absolute atomic E-state index is 0.615. The van der Waals surface area contributed by atoms with Gasteiger partial charge < -0.3 is 10.6 Å². The van der Waals surface area contributed by atoms with Crippen LogP contribution in [0.15, 0.2) is 24.4 Å². The first-order chi connectivity index (χ1) is 11.4. The Balaban J connectivity index is 1.27. The fourth-order valence-electron chi connectivity index (χ4n) is 4.28. The molecule has 4 rings (SSSR count). The van der Waals surface area contributed by atoms with E-state index in [1.54, 1.807) is 0 Å². The Bertz CT molecular complexity index is 621. The molecule has 0 unspecified atom stereocenters. The van der Waals surface area contributed by atoms with Gasteiger partial charge in [0.15, 0.2) is 0 Å². The van der Waals surface area contributed by atoms with Gasteiger partial charge in [-0.2, -0.15) is 5.10 Å². The summed E-state index contributed by atoms with van der Waals surface area (Å²) in [6, 6.07) is 8.62. The van der Waals surface area contributed by atoms with Crippen LogP contribution in [-0.2, 0) is 0 Å². The van der Waals surface area contributed by atoms with Crippen molar-refractivity contribution in [3.63, 3.8) is 0 Å². The van der Waals surface area contributed by atoms with Gasteiger partial charge in [0, 0.05) is 29.2 Å². The van der Waals surface area contributed by atoms with Crippen molar-refractivity contribution >= 4 is 16.6 Å². The maximum atomic E-state index is 4.09. The Hall–Kier alpha value is -1.55. The van der Waals surface area contributed by atoms with Crippen LogP contribution < -0.4 is 10.6 Å². The molecule has 2 aliphatic rings. The summed E-state index contributed by atoms with van der Waals surface area (Å²) in [7, 11) is 0. The number of nitrogens with zero attached hydrogens (tertiary/aromatic N) is 1. The van der Waals surface area contributed by atoms with E-state index >= 15 is 0 Å². The number of hydrogen-bond acceptors (Lipinski definition) is 3. The van der Waals surface area contributed by atoms with Gasteiger partial charge in [-0.05, 0) is 56.7 Å². The molecule has 1 heterocycles. The Morgan fingerprint density at radius 3 is 2.43 bits per heavy atom. The van der Waals surface area contributed by atoms with Gasteiger partial charge in [-0.1, -0.05) is 19.3 Å². The molecule has 124 valence electrons. The van der Waals surface area contributed by atoms with Gasteiger partial charge in [0.25, 0.3) is 0 Å². The molecule has 0 amide bonds. The van der Waals surface area contributed by atoms with Crippen LogP contribution in [0.4, 0.5) is 5.69 Å². The predicted octanol–water partition coefficient (Wildman–Crippen LogP) is 4.21. The number of rotatable bonds is 4. The second-order valence-electron chi connectivity index (χ2n) is 7.37. The van der Waals surface area contributed by atoms with Crippen molar-refractivity contribution in [3.05, 3.63) is 24.4 Å². The van der Waals surface area contributed by atoms with Crippen LogP contribution in [0, 0.1) is 0 Å². The first kappa shape index (κ1) is 15.0. The molecule has 0 aliphatic heterocycles. The van der Waals surface area contributed by atoms with Gasteiger partial charge in [-0.25, -0.2) is 0 Å². The fraction of sp³-hybridized carbons (Fsp3) is 0.632. The highest BCUT2D eigenvalue weighted by atomic mass is 15.1. The molecule has 0 radical (unpaired) electrons. The summed E-state index contributed by atoms with van der Waals surface area (Å²) in [6.45, 7) is 0. The van der Waals surface area contributed by atoms with Crippen molar-refractivity contribution < 1.29 is 0 Å². The van der Waals surface area contributed by atoms with Gasteiger partial charge in [0.05, 0.1) is 11.7 Å². The van der Waals surface area contributed by atoms with E-state index in [1.807, 2.05) is 6.20 Å². The average molecular weight is 312 g/mol. The molecule has 2 aromatic rings. The Morgan fingerprint density at radius 1 is 0.870 bits per heavy atom. The monoisotopic (exact) mass is 312 g/mol. The summed E-state index contributed by atoms with van der Waals surface area (Å²) >= 11 is 0. The first-order valence-corrected chi connectivity index (χ1v) is 9.32. The van der Waals surface area contributed by atoms with E-state index in [1.165, 1.54) is 68.9 Å². The quantitative estimate of drug-likeness (QED) is 0.792. The summed E-state index contributed by atoms with van der Waals surface area (Å²) < 4.78 is 0. The topological polar surface area (TPSA) is 52.7 Å². The fourth-order valence-corrected chi connectivity index (χ4v) is 4.28. The third-order valence-corrected chi connectivity index (χ3v) is 5.61. The Morgan fingerprint density at radius 2 is 1.61 bits per heavy atom. The van der Waals surface area contributed by atoms with E-state index in [0.29, 0.717) is 6.04 Å². The number of benzene rings is 1. The molecule has 23 heavy (non-hydrogen) atoms. The number of hydrogen-bond donors (Lipinski definition) is 3. The molecular weight excluding hydrogens is 284 g/mol. The van der Waals surface area contributed by atoms with Crippen molar-refractivity contribution in [1.82, 2.24) is 15.5 Å². The molecule has 0 bridgehead atoms. The molecule has 2 saturated carbocycles. The summed E-state index contributed by atoms with van der Waals surface area (Å²) in [5, 5.41) is 15.9. The zero-order valence-corrected chi connectivity index (χ0v) is 13.9. The maximum Gasteiger partial charge on any atom is 0.0651 e. The van der Waals surface area contributed by atoms with E-state index < -0.39 is 0 Å². The van der Waals surface area contributed by atoms with Crippen molar-refractivity contribution in [2.45, 2.75) is 75.9 Å². The third-order valence-electron chi connectivity index (χ3n) is 5.61. The van der Waals surface area contributed by atoms with Gasteiger partial charge in [0.2, 0.25) is 0 Å². The number of aromatic nitrogens is 2. The van der Waals surface area contributed by atoms with Gasteiger partial charge in [-0.3, -0.25) is 5.10 Å². The molecule has 2 fully saturated rings. The molecule has 1 aromatic carbocycles. The highest BCUT2D eigenvalue weighted by Gasteiger charge is 2.24. The number of H-pyrrole nitrogens is 1. The highest BCUT2D eigenvalue weighted by Crippen LogP contribution is 2.26. The molecule has 1 aromatic heterocycles. The smallest absolute Gasteiger partial charge is 0.0651 e. The normalized spacial score (nSPS) is 26.4. The predicted molar refractivity (Wildman–Crippen MR) is 95.8 cm³/mol. The minimum atomic E-state index is 0.615. The summed E-state index contributed by atoms with van der Waals surface area (Å²) in [5.74, 6) is 0. The molecule has 3 N–H and O–H groups in total. The van der Waals surface area contributed by atoms with E-state index in [0.717, 1.165) is 17.6 Å². The maximum absolute atomic E-state index is 4.09. The van der Waals surface area contributed by atoms with Crippen LogP contribution >= 0.6 is 0 Å². The van der Waals surface area contributed by atoms with Crippen molar-refractivity contribution in [2.24, 2.45) is 0 Å². The second kappa shape index (κ2) is 6.91. The molecule has 2 aliphatic carbocycles. The number of nitrogens with one attached hydrogen (secondary N) is 3. The van der Waals surface area contributed by atoms with Gasteiger partial charge in [0.1, 0.15) is 0 Å². The lowest BCUT2D eigenvalue weighted by atomic mass is 9.88. The van der Waals surface area contributed by atoms with Gasteiger partial charge >= 0.3 is 0 Å². The molecular formula is C19H28N4. The Kier molecular flexibility index (Phi) is 4.51. The second-order valence-corrected chi connectivity index (χ2v) is 7.37. The van der Waals surface area contributed by atoms with E-state index in [9.17, 15) is 0 Å². The third kappa shape index (κ3) is 3.69.